The molecule has 6 atom stereocenters. The molecule has 19 heavy (non-hydrogen) atoms. The molecular weight excluding hydrogens is 230 g/mol. The standard InChI is InChI=1S/C18H31N/c1-2-8-19-17(18-15-4-3-5-16(15)18)11-14-10-12-6-7-13(14)9-12/h12-19H,2-11H2,1H3. The predicted octanol–water partition coefficient (Wildman–Crippen LogP) is 4.23. The molecule has 4 aliphatic rings. The quantitative estimate of drug-likeness (QED) is 0.754. The normalized spacial score (nSPS) is 48.5. The number of nitrogens with one attached hydrogen (secondary N) is 1. The van der Waals surface area contributed by atoms with Crippen LogP contribution in [0.25, 0.3) is 0 Å². The zero-order valence-electron chi connectivity index (χ0n) is 12.6. The second-order valence-electron chi connectivity index (χ2n) is 8.07. The Morgan fingerprint density at radius 1 is 1.05 bits per heavy atom. The van der Waals surface area contributed by atoms with Gasteiger partial charge in [-0.15, -0.1) is 0 Å². The molecule has 1 nitrogen and oxygen atoms in total. The summed E-state index contributed by atoms with van der Waals surface area (Å²) in [6, 6.07) is 0.889. The molecule has 0 spiro atoms. The number of fused-ring (bicyclic) bond motifs is 3. The first-order valence-electron chi connectivity index (χ1n) is 9.10. The van der Waals surface area contributed by atoms with Crippen LogP contribution in [0.1, 0.15) is 64.7 Å². The molecule has 1 heteroatoms. The average Bonchev–Trinajstić information content (AvgIpc) is 2.91. The molecule has 1 N–H and O–H groups in total. The third-order valence-electron chi connectivity index (χ3n) is 7.04. The Bertz CT molecular complexity index is 316. The van der Waals surface area contributed by atoms with Crippen LogP contribution in [0.2, 0.25) is 0 Å². The lowest BCUT2D eigenvalue weighted by Crippen LogP contribution is -2.36. The van der Waals surface area contributed by atoms with Crippen molar-refractivity contribution in [2.24, 2.45) is 35.5 Å². The van der Waals surface area contributed by atoms with Crippen LogP contribution in [0.4, 0.5) is 0 Å². The topological polar surface area (TPSA) is 12.0 Å². The number of hydrogen-bond donors (Lipinski definition) is 1. The Labute approximate surface area is 118 Å². The van der Waals surface area contributed by atoms with E-state index in [0.717, 1.165) is 41.5 Å². The van der Waals surface area contributed by atoms with Crippen molar-refractivity contribution in [1.29, 1.82) is 0 Å². The van der Waals surface area contributed by atoms with Crippen molar-refractivity contribution in [3.05, 3.63) is 0 Å². The summed E-state index contributed by atoms with van der Waals surface area (Å²) in [5, 5.41) is 3.95. The molecule has 0 aliphatic heterocycles. The molecule has 0 amide bonds. The second-order valence-corrected chi connectivity index (χ2v) is 8.07. The third-order valence-corrected chi connectivity index (χ3v) is 7.04. The maximum Gasteiger partial charge on any atom is 0.0104 e. The highest BCUT2D eigenvalue weighted by Crippen LogP contribution is 2.60. The maximum absolute atomic E-state index is 3.95. The van der Waals surface area contributed by atoms with Gasteiger partial charge >= 0.3 is 0 Å². The van der Waals surface area contributed by atoms with Gasteiger partial charge in [0, 0.05) is 6.04 Å². The Kier molecular flexibility index (Phi) is 3.38. The van der Waals surface area contributed by atoms with Crippen molar-refractivity contribution in [3.8, 4) is 0 Å². The zero-order valence-corrected chi connectivity index (χ0v) is 12.6. The molecule has 4 aliphatic carbocycles. The molecule has 108 valence electrons. The fourth-order valence-corrected chi connectivity index (χ4v) is 6.17. The zero-order chi connectivity index (χ0) is 12.8. The van der Waals surface area contributed by atoms with Crippen LogP contribution >= 0.6 is 0 Å². The summed E-state index contributed by atoms with van der Waals surface area (Å²) < 4.78 is 0. The van der Waals surface area contributed by atoms with Crippen molar-refractivity contribution in [3.63, 3.8) is 0 Å². The summed E-state index contributed by atoms with van der Waals surface area (Å²) in [5.74, 6) is 6.68. The summed E-state index contributed by atoms with van der Waals surface area (Å²) in [4.78, 5) is 0. The lowest BCUT2D eigenvalue weighted by Gasteiger charge is -2.28. The van der Waals surface area contributed by atoms with Crippen LogP contribution in [0.3, 0.4) is 0 Å². The minimum absolute atomic E-state index is 0.889. The first-order valence-corrected chi connectivity index (χ1v) is 9.10. The minimum atomic E-state index is 0.889. The first kappa shape index (κ1) is 12.7. The summed E-state index contributed by atoms with van der Waals surface area (Å²) in [7, 11) is 0. The monoisotopic (exact) mass is 261 g/mol. The number of hydrogen-bond acceptors (Lipinski definition) is 1. The van der Waals surface area contributed by atoms with Gasteiger partial charge in [-0.25, -0.2) is 0 Å². The van der Waals surface area contributed by atoms with E-state index >= 15 is 0 Å². The predicted molar refractivity (Wildman–Crippen MR) is 80.0 cm³/mol. The van der Waals surface area contributed by atoms with E-state index in [9.17, 15) is 0 Å². The van der Waals surface area contributed by atoms with E-state index in [1.165, 1.54) is 25.8 Å². The Balaban J connectivity index is 1.37. The van der Waals surface area contributed by atoms with Crippen LogP contribution in [0.15, 0.2) is 0 Å². The Hall–Kier alpha value is -0.0400. The van der Waals surface area contributed by atoms with Crippen LogP contribution in [0.5, 0.6) is 0 Å². The van der Waals surface area contributed by atoms with Gasteiger partial charge in [-0.05, 0) is 87.0 Å². The van der Waals surface area contributed by atoms with Gasteiger partial charge in [-0.2, -0.15) is 0 Å². The summed E-state index contributed by atoms with van der Waals surface area (Å²) in [6.07, 6.45) is 13.7. The molecular formula is C18H31N. The van der Waals surface area contributed by atoms with Gasteiger partial charge < -0.3 is 5.32 Å². The molecule has 4 fully saturated rings. The van der Waals surface area contributed by atoms with E-state index < -0.39 is 0 Å². The average molecular weight is 261 g/mol. The van der Waals surface area contributed by atoms with Crippen LogP contribution in [-0.4, -0.2) is 12.6 Å². The van der Waals surface area contributed by atoms with Crippen LogP contribution in [0, 0.1) is 35.5 Å². The second kappa shape index (κ2) is 5.06. The lowest BCUT2D eigenvalue weighted by molar-refractivity contribution is 0.254. The van der Waals surface area contributed by atoms with Gasteiger partial charge in [0.1, 0.15) is 0 Å². The molecule has 4 saturated carbocycles. The molecule has 0 heterocycles. The van der Waals surface area contributed by atoms with Crippen molar-refractivity contribution in [2.45, 2.75) is 70.8 Å². The smallest absolute Gasteiger partial charge is 0.0104 e. The fraction of sp³-hybridized carbons (Fsp3) is 1.00. The molecule has 0 aromatic rings. The van der Waals surface area contributed by atoms with Gasteiger partial charge in [0.2, 0.25) is 0 Å². The molecule has 4 rings (SSSR count). The van der Waals surface area contributed by atoms with E-state index in [2.05, 4.69) is 12.2 Å². The van der Waals surface area contributed by atoms with Crippen LogP contribution < -0.4 is 5.32 Å². The van der Waals surface area contributed by atoms with Crippen molar-refractivity contribution in [1.82, 2.24) is 5.32 Å². The fourth-order valence-electron chi connectivity index (χ4n) is 6.17. The first-order chi connectivity index (χ1) is 9.36. The summed E-state index contributed by atoms with van der Waals surface area (Å²) in [6.45, 7) is 3.57. The maximum atomic E-state index is 3.95. The lowest BCUT2D eigenvalue weighted by atomic mass is 9.82. The molecule has 0 radical (unpaired) electrons. The molecule has 0 saturated heterocycles. The summed E-state index contributed by atoms with van der Waals surface area (Å²) in [5.41, 5.74) is 0. The Morgan fingerprint density at radius 3 is 2.53 bits per heavy atom. The largest absolute Gasteiger partial charge is 0.314 e. The highest BCUT2D eigenvalue weighted by Gasteiger charge is 2.56. The Morgan fingerprint density at radius 2 is 1.89 bits per heavy atom. The van der Waals surface area contributed by atoms with E-state index in [0.29, 0.717) is 0 Å². The van der Waals surface area contributed by atoms with Crippen molar-refractivity contribution in [2.75, 3.05) is 6.54 Å². The van der Waals surface area contributed by atoms with E-state index in [4.69, 9.17) is 0 Å². The van der Waals surface area contributed by atoms with Crippen molar-refractivity contribution >= 4 is 0 Å². The molecule has 0 aromatic carbocycles. The molecule has 6 unspecified atom stereocenters. The van der Waals surface area contributed by atoms with Crippen molar-refractivity contribution < 1.29 is 0 Å². The third kappa shape index (κ3) is 2.26. The van der Waals surface area contributed by atoms with Gasteiger partial charge in [-0.1, -0.05) is 19.8 Å². The highest BCUT2D eigenvalue weighted by atomic mass is 14.9. The van der Waals surface area contributed by atoms with Crippen LogP contribution in [-0.2, 0) is 0 Å². The van der Waals surface area contributed by atoms with E-state index in [1.54, 1.807) is 38.5 Å². The molecule has 2 bridgehead atoms. The highest BCUT2D eigenvalue weighted by molar-refractivity contribution is 5.07. The number of rotatable bonds is 6. The SMILES string of the molecule is CCCNC(CC1CC2CCC1C2)C1C2CCCC21. The minimum Gasteiger partial charge on any atom is -0.314 e. The van der Waals surface area contributed by atoms with E-state index in [-0.39, 0.29) is 0 Å². The summed E-state index contributed by atoms with van der Waals surface area (Å²) >= 11 is 0. The van der Waals surface area contributed by atoms with Gasteiger partial charge in [0.15, 0.2) is 0 Å². The molecule has 0 aromatic heterocycles. The van der Waals surface area contributed by atoms with E-state index in [1.807, 2.05) is 0 Å². The van der Waals surface area contributed by atoms with Gasteiger partial charge in [0.25, 0.3) is 0 Å². The van der Waals surface area contributed by atoms with Gasteiger partial charge in [-0.3, -0.25) is 0 Å². The van der Waals surface area contributed by atoms with Gasteiger partial charge in [0.05, 0.1) is 0 Å².